The van der Waals surface area contributed by atoms with E-state index in [1.165, 1.54) is 41.7 Å². The average molecular weight is 301 g/mol. The lowest BCUT2D eigenvalue weighted by Crippen LogP contribution is -2.32. The van der Waals surface area contributed by atoms with Crippen LogP contribution in [0, 0.1) is 0 Å². The summed E-state index contributed by atoms with van der Waals surface area (Å²) >= 11 is 5.33. The lowest BCUT2D eigenvalue weighted by Gasteiger charge is -2.15. The van der Waals surface area contributed by atoms with Gasteiger partial charge in [-0.3, -0.25) is 4.90 Å². The second kappa shape index (κ2) is 4.77. The number of halogens is 1. The van der Waals surface area contributed by atoms with E-state index in [1.807, 2.05) is 11.3 Å². The maximum atomic E-state index is 3.67. The molecule has 3 rings (SSSR count). The molecule has 0 aromatic carbocycles. The second-order valence-corrected chi connectivity index (χ2v) is 6.74. The lowest BCUT2D eigenvalue weighted by atomic mass is 10.2. The van der Waals surface area contributed by atoms with E-state index in [-0.39, 0.29) is 0 Å². The van der Waals surface area contributed by atoms with Crippen LogP contribution >= 0.6 is 27.3 Å². The molecule has 1 unspecified atom stereocenters. The molecular formula is C12H17BrN2S. The Hall–Kier alpha value is 0.1000. The molecule has 2 aliphatic rings. The van der Waals surface area contributed by atoms with Crippen LogP contribution in [0.25, 0.3) is 0 Å². The summed E-state index contributed by atoms with van der Waals surface area (Å²) < 4.78 is 1.21. The van der Waals surface area contributed by atoms with Crippen LogP contribution in [0.15, 0.2) is 15.9 Å². The summed E-state index contributed by atoms with van der Waals surface area (Å²) in [6, 6.07) is 3.86. The molecule has 1 saturated carbocycles. The molecule has 1 N–H and O–H groups in total. The molecule has 1 aromatic rings. The number of likely N-dealkylation sites (tertiary alicyclic amines) is 1. The van der Waals surface area contributed by atoms with Crippen LogP contribution < -0.4 is 5.32 Å². The largest absolute Gasteiger partial charge is 0.308 e. The highest BCUT2D eigenvalue weighted by atomic mass is 79.9. The van der Waals surface area contributed by atoms with E-state index in [1.54, 1.807) is 0 Å². The molecule has 0 amide bonds. The van der Waals surface area contributed by atoms with Crippen LogP contribution in [0.2, 0.25) is 0 Å². The highest BCUT2D eigenvalue weighted by Gasteiger charge is 2.33. The van der Waals surface area contributed by atoms with Gasteiger partial charge in [-0.05, 0) is 41.3 Å². The first kappa shape index (κ1) is 11.2. The smallest absolute Gasteiger partial charge is 0.0303 e. The molecule has 1 aliphatic heterocycles. The van der Waals surface area contributed by atoms with Gasteiger partial charge in [-0.15, -0.1) is 11.3 Å². The van der Waals surface area contributed by atoms with E-state index in [9.17, 15) is 0 Å². The van der Waals surface area contributed by atoms with Crippen LogP contribution in [-0.2, 0) is 6.54 Å². The van der Waals surface area contributed by atoms with Crippen molar-refractivity contribution in [3.8, 4) is 0 Å². The maximum absolute atomic E-state index is 3.67. The van der Waals surface area contributed by atoms with E-state index in [4.69, 9.17) is 0 Å². The molecule has 1 saturated heterocycles. The second-order valence-electron chi connectivity index (χ2n) is 4.82. The Bertz CT molecular complexity index is 362. The number of hydrogen-bond donors (Lipinski definition) is 1. The quantitative estimate of drug-likeness (QED) is 0.920. The molecule has 2 nitrogen and oxygen atoms in total. The summed E-state index contributed by atoms with van der Waals surface area (Å²) in [5, 5.41) is 5.83. The molecule has 0 radical (unpaired) electrons. The Balaban J connectivity index is 1.45. The van der Waals surface area contributed by atoms with Crippen molar-refractivity contribution in [3.05, 3.63) is 20.8 Å². The van der Waals surface area contributed by atoms with E-state index in [2.05, 4.69) is 37.6 Å². The molecule has 88 valence electrons. The van der Waals surface area contributed by atoms with Crippen molar-refractivity contribution in [3.63, 3.8) is 0 Å². The molecule has 0 spiro atoms. The SMILES string of the molecule is Brc1csc(CNC2CCN(C3CC3)C2)c1. The summed E-state index contributed by atoms with van der Waals surface area (Å²) in [6.07, 6.45) is 4.19. The Labute approximate surface area is 109 Å². The van der Waals surface area contributed by atoms with Gasteiger partial charge < -0.3 is 5.32 Å². The molecular weight excluding hydrogens is 284 g/mol. The van der Waals surface area contributed by atoms with Crippen molar-refractivity contribution in [1.82, 2.24) is 10.2 Å². The zero-order valence-electron chi connectivity index (χ0n) is 9.29. The van der Waals surface area contributed by atoms with Crippen LogP contribution in [-0.4, -0.2) is 30.1 Å². The molecule has 1 aliphatic carbocycles. The molecule has 16 heavy (non-hydrogen) atoms. The average Bonchev–Trinajstić information content (AvgIpc) is 2.87. The molecule has 2 heterocycles. The van der Waals surface area contributed by atoms with Crippen LogP contribution in [0.4, 0.5) is 0 Å². The van der Waals surface area contributed by atoms with Gasteiger partial charge in [0.25, 0.3) is 0 Å². The predicted molar refractivity (Wildman–Crippen MR) is 71.9 cm³/mol. The van der Waals surface area contributed by atoms with Crippen molar-refractivity contribution in [2.45, 2.75) is 37.9 Å². The van der Waals surface area contributed by atoms with Gasteiger partial charge in [0.2, 0.25) is 0 Å². The van der Waals surface area contributed by atoms with Crippen LogP contribution in [0.5, 0.6) is 0 Å². The first-order chi connectivity index (χ1) is 7.81. The summed E-state index contributed by atoms with van der Waals surface area (Å²) in [7, 11) is 0. The van der Waals surface area contributed by atoms with Crippen molar-refractivity contribution >= 4 is 27.3 Å². The molecule has 2 fully saturated rings. The van der Waals surface area contributed by atoms with Crippen molar-refractivity contribution < 1.29 is 0 Å². The zero-order chi connectivity index (χ0) is 11.0. The normalized spacial score (nSPS) is 26.4. The van der Waals surface area contributed by atoms with Crippen LogP contribution in [0.1, 0.15) is 24.1 Å². The monoisotopic (exact) mass is 300 g/mol. The van der Waals surface area contributed by atoms with Crippen molar-refractivity contribution in [2.75, 3.05) is 13.1 Å². The highest BCUT2D eigenvalue weighted by Crippen LogP contribution is 2.30. The fourth-order valence-corrected chi connectivity index (χ4v) is 3.82. The van der Waals surface area contributed by atoms with Gasteiger partial charge in [-0.1, -0.05) is 0 Å². The fourth-order valence-electron chi connectivity index (χ4n) is 2.42. The van der Waals surface area contributed by atoms with Crippen molar-refractivity contribution in [2.24, 2.45) is 0 Å². The molecule has 0 bridgehead atoms. The summed E-state index contributed by atoms with van der Waals surface area (Å²) in [4.78, 5) is 4.08. The molecule has 1 aromatic heterocycles. The first-order valence-electron chi connectivity index (χ1n) is 6.01. The summed E-state index contributed by atoms with van der Waals surface area (Å²) in [5.74, 6) is 0. The van der Waals surface area contributed by atoms with Gasteiger partial charge in [0, 0.05) is 46.4 Å². The minimum absolute atomic E-state index is 0.710. The van der Waals surface area contributed by atoms with Gasteiger partial charge in [0.05, 0.1) is 0 Å². The third-order valence-corrected chi connectivity index (χ3v) is 5.17. The van der Waals surface area contributed by atoms with Gasteiger partial charge in [-0.2, -0.15) is 0 Å². The standard InChI is InChI=1S/C12H17BrN2S/c13-9-5-12(16-8-9)6-14-10-3-4-15(7-10)11-1-2-11/h5,8,10-11,14H,1-4,6-7H2. The zero-order valence-corrected chi connectivity index (χ0v) is 11.7. The number of nitrogens with one attached hydrogen (secondary N) is 1. The minimum Gasteiger partial charge on any atom is -0.308 e. The highest BCUT2D eigenvalue weighted by molar-refractivity contribution is 9.10. The van der Waals surface area contributed by atoms with Gasteiger partial charge in [0.15, 0.2) is 0 Å². The van der Waals surface area contributed by atoms with Gasteiger partial charge in [0.1, 0.15) is 0 Å². The summed E-state index contributed by atoms with van der Waals surface area (Å²) in [5.41, 5.74) is 0. The molecule has 1 atom stereocenters. The van der Waals surface area contributed by atoms with Gasteiger partial charge >= 0.3 is 0 Å². The Morgan fingerprint density at radius 2 is 2.31 bits per heavy atom. The van der Waals surface area contributed by atoms with E-state index in [0.717, 1.165) is 12.6 Å². The maximum Gasteiger partial charge on any atom is 0.0303 e. The van der Waals surface area contributed by atoms with E-state index < -0.39 is 0 Å². The Morgan fingerprint density at radius 1 is 1.44 bits per heavy atom. The Morgan fingerprint density at radius 3 is 3.00 bits per heavy atom. The fraction of sp³-hybridized carbons (Fsp3) is 0.667. The third kappa shape index (κ3) is 2.67. The van der Waals surface area contributed by atoms with E-state index >= 15 is 0 Å². The summed E-state index contributed by atoms with van der Waals surface area (Å²) in [6.45, 7) is 3.59. The first-order valence-corrected chi connectivity index (χ1v) is 7.69. The van der Waals surface area contributed by atoms with E-state index in [0.29, 0.717) is 6.04 Å². The molecule has 4 heteroatoms. The number of hydrogen-bond acceptors (Lipinski definition) is 3. The van der Waals surface area contributed by atoms with Crippen LogP contribution in [0.3, 0.4) is 0 Å². The Kier molecular flexibility index (Phi) is 3.34. The number of nitrogens with zero attached hydrogens (tertiary/aromatic N) is 1. The number of rotatable bonds is 4. The third-order valence-electron chi connectivity index (χ3n) is 3.47. The minimum atomic E-state index is 0.710. The lowest BCUT2D eigenvalue weighted by molar-refractivity contribution is 0.317. The van der Waals surface area contributed by atoms with Crippen molar-refractivity contribution in [1.29, 1.82) is 0 Å². The number of thiophene rings is 1. The topological polar surface area (TPSA) is 15.3 Å². The van der Waals surface area contributed by atoms with Gasteiger partial charge in [-0.25, -0.2) is 0 Å². The predicted octanol–water partition coefficient (Wildman–Crippen LogP) is 2.84.